The van der Waals surface area contributed by atoms with Gasteiger partial charge in [-0.1, -0.05) is 23.4 Å². The number of ether oxygens (including phenoxy) is 2. The van der Waals surface area contributed by atoms with Crippen LogP contribution in [0.2, 0.25) is 5.02 Å². The van der Waals surface area contributed by atoms with Gasteiger partial charge in [0.1, 0.15) is 5.75 Å². The van der Waals surface area contributed by atoms with Crippen LogP contribution in [0, 0.1) is 11.8 Å². The number of aliphatic hydroxyl groups excluding tert-OH is 1. The molecule has 0 saturated heterocycles. The molecule has 0 unspecified atom stereocenters. The third kappa shape index (κ3) is 5.39. The summed E-state index contributed by atoms with van der Waals surface area (Å²) in [5.41, 5.74) is 3.82. The van der Waals surface area contributed by atoms with Crippen molar-refractivity contribution in [2.45, 2.75) is 6.42 Å². The predicted octanol–water partition coefficient (Wildman–Crippen LogP) is 2.56. The van der Waals surface area contributed by atoms with Gasteiger partial charge in [0.15, 0.2) is 11.5 Å². The number of hydrogen-bond acceptors (Lipinski definition) is 6. The number of phenols is 1. The summed E-state index contributed by atoms with van der Waals surface area (Å²) < 4.78 is 10.7. The Bertz CT molecular complexity index is 948. The fourth-order valence-corrected chi connectivity index (χ4v) is 2.43. The number of nitrogens with zero attached hydrogens (tertiary/aromatic N) is 1. The van der Waals surface area contributed by atoms with Gasteiger partial charge in [-0.25, -0.2) is 5.43 Å². The summed E-state index contributed by atoms with van der Waals surface area (Å²) in [5, 5.41) is 22.3. The van der Waals surface area contributed by atoms with Crippen LogP contribution >= 0.6 is 11.6 Å². The Morgan fingerprint density at radius 1 is 1.29 bits per heavy atom. The van der Waals surface area contributed by atoms with E-state index in [4.69, 9.17) is 26.2 Å². The zero-order valence-electron chi connectivity index (χ0n) is 15.3. The number of carbonyl (C=O) groups is 1. The zero-order chi connectivity index (χ0) is 20.5. The number of methoxy groups -OCH3 is 2. The molecule has 2 aromatic carbocycles. The highest BCUT2D eigenvalue weighted by Gasteiger charge is 2.11. The van der Waals surface area contributed by atoms with Gasteiger partial charge in [-0.15, -0.1) is 0 Å². The van der Waals surface area contributed by atoms with Gasteiger partial charge in [0.05, 0.1) is 37.6 Å². The highest BCUT2D eigenvalue weighted by atomic mass is 35.5. The first-order valence-corrected chi connectivity index (χ1v) is 8.55. The minimum Gasteiger partial charge on any atom is -0.506 e. The largest absolute Gasteiger partial charge is 0.506 e. The molecule has 0 aromatic heterocycles. The Morgan fingerprint density at radius 2 is 2.07 bits per heavy atom. The van der Waals surface area contributed by atoms with Gasteiger partial charge in [-0.3, -0.25) is 4.79 Å². The fourth-order valence-electron chi connectivity index (χ4n) is 2.24. The van der Waals surface area contributed by atoms with Crippen molar-refractivity contribution in [2.75, 3.05) is 20.8 Å². The molecular formula is C20H19ClN2O5. The van der Waals surface area contributed by atoms with Gasteiger partial charge >= 0.3 is 0 Å². The van der Waals surface area contributed by atoms with Crippen LogP contribution in [0.4, 0.5) is 0 Å². The van der Waals surface area contributed by atoms with Gasteiger partial charge in [-0.05, 0) is 35.9 Å². The average molecular weight is 403 g/mol. The predicted molar refractivity (Wildman–Crippen MR) is 106 cm³/mol. The lowest BCUT2D eigenvalue weighted by molar-refractivity contribution is 0.0955. The Kier molecular flexibility index (Phi) is 7.69. The van der Waals surface area contributed by atoms with E-state index in [0.717, 1.165) is 0 Å². The molecule has 8 heteroatoms. The van der Waals surface area contributed by atoms with E-state index >= 15 is 0 Å². The molecule has 0 saturated carbocycles. The van der Waals surface area contributed by atoms with Crippen LogP contribution in [-0.4, -0.2) is 43.2 Å². The summed E-state index contributed by atoms with van der Waals surface area (Å²) in [7, 11) is 3.01. The van der Waals surface area contributed by atoms with Crippen LogP contribution < -0.4 is 14.9 Å². The van der Waals surface area contributed by atoms with Crippen molar-refractivity contribution in [1.82, 2.24) is 5.43 Å². The molecule has 2 rings (SSSR count). The number of aromatic hydroxyl groups is 1. The number of halogens is 1. The van der Waals surface area contributed by atoms with Crippen molar-refractivity contribution < 1.29 is 24.5 Å². The van der Waals surface area contributed by atoms with E-state index in [9.17, 15) is 9.90 Å². The molecule has 0 radical (unpaired) electrons. The third-order valence-corrected chi connectivity index (χ3v) is 3.85. The molecule has 146 valence electrons. The first-order chi connectivity index (χ1) is 13.5. The molecule has 3 N–H and O–H groups in total. The lowest BCUT2D eigenvalue weighted by atomic mass is 10.1. The van der Waals surface area contributed by atoms with Crippen molar-refractivity contribution in [3.8, 4) is 29.1 Å². The maximum absolute atomic E-state index is 12.1. The van der Waals surface area contributed by atoms with Crippen molar-refractivity contribution in [3.63, 3.8) is 0 Å². The molecule has 0 spiro atoms. The molecule has 28 heavy (non-hydrogen) atoms. The standard InChI is InChI=1S/C20H19ClN2O5/c1-27-18-10-13(9-14(19(18)28-2)5-3-4-8-24)12-22-23-20(26)15-6-7-17(25)16(21)11-15/h6-7,9-12,24-25H,4,8H2,1-2H3,(H,23,26). The molecule has 0 atom stereocenters. The lowest BCUT2D eigenvalue weighted by Gasteiger charge is -2.10. The van der Waals surface area contributed by atoms with E-state index in [2.05, 4.69) is 22.4 Å². The molecule has 2 aromatic rings. The Labute approximate surface area is 167 Å². The van der Waals surface area contributed by atoms with E-state index in [0.29, 0.717) is 29.0 Å². The quantitative estimate of drug-likeness (QED) is 0.391. The molecule has 0 heterocycles. The van der Waals surface area contributed by atoms with Crippen molar-refractivity contribution >= 4 is 23.7 Å². The Balaban J connectivity index is 2.22. The summed E-state index contributed by atoms with van der Waals surface area (Å²) in [6, 6.07) is 7.50. The smallest absolute Gasteiger partial charge is 0.271 e. The molecule has 0 bridgehead atoms. The van der Waals surface area contributed by atoms with Gasteiger partial charge in [0, 0.05) is 12.0 Å². The number of amides is 1. The topological polar surface area (TPSA) is 100 Å². The molecule has 0 fully saturated rings. The fraction of sp³-hybridized carbons (Fsp3) is 0.200. The van der Waals surface area contributed by atoms with Crippen LogP contribution in [0.5, 0.6) is 17.2 Å². The van der Waals surface area contributed by atoms with Crippen molar-refractivity contribution in [1.29, 1.82) is 0 Å². The summed E-state index contributed by atoms with van der Waals surface area (Å²) in [6.07, 6.45) is 1.76. The first kappa shape index (κ1) is 21.1. The van der Waals surface area contributed by atoms with E-state index < -0.39 is 5.91 Å². The highest BCUT2D eigenvalue weighted by molar-refractivity contribution is 6.32. The molecule has 0 aliphatic carbocycles. The second-order valence-corrected chi connectivity index (χ2v) is 5.85. The number of hydrazone groups is 1. The molecule has 1 amide bonds. The van der Waals surface area contributed by atoms with E-state index in [1.54, 1.807) is 12.1 Å². The van der Waals surface area contributed by atoms with Gasteiger partial charge in [0.2, 0.25) is 0 Å². The van der Waals surface area contributed by atoms with Crippen LogP contribution in [0.3, 0.4) is 0 Å². The normalized spacial score (nSPS) is 10.3. The van der Waals surface area contributed by atoms with Gasteiger partial charge in [0.25, 0.3) is 5.91 Å². The Morgan fingerprint density at radius 3 is 2.71 bits per heavy atom. The summed E-state index contributed by atoms with van der Waals surface area (Å²) >= 11 is 5.80. The van der Waals surface area contributed by atoms with Crippen LogP contribution in [0.1, 0.15) is 27.9 Å². The maximum Gasteiger partial charge on any atom is 0.271 e. The second-order valence-electron chi connectivity index (χ2n) is 5.44. The minimum atomic E-state index is -0.485. The molecule has 7 nitrogen and oxygen atoms in total. The van der Waals surface area contributed by atoms with Gasteiger partial charge in [-0.2, -0.15) is 5.10 Å². The van der Waals surface area contributed by atoms with Crippen LogP contribution in [0.25, 0.3) is 0 Å². The molecular weight excluding hydrogens is 384 g/mol. The van der Waals surface area contributed by atoms with E-state index in [-0.39, 0.29) is 22.9 Å². The van der Waals surface area contributed by atoms with Crippen LogP contribution in [-0.2, 0) is 0 Å². The van der Waals surface area contributed by atoms with E-state index in [1.807, 2.05) is 0 Å². The number of nitrogens with one attached hydrogen (secondary N) is 1. The zero-order valence-corrected chi connectivity index (χ0v) is 16.1. The average Bonchev–Trinajstić information content (AvgIpc) is 2.69. The summed E-state index contributed by atoms with van der Waals surface area (Å²) in [6.45, 7) is -0.0408. The number of carbonyl (C=O) groups excluding carboxylic acids is 1. The summed E-state index contributed by atoms with van der Waals surface area (Å²) in [4.78, 5) is 12.1. The number of phenolic OH excluding ortho intramolecular Hbond substituents is 1. The second kappa shape index (κ2) is 10.2. The number of rotatable bonds is 6. The monoisotopic (exact) mass is 402 g/mol. The Hall–Kier alpha value is -3.21. The lowest BCUT2D eigenvalue weighted by Crippen LogP contribution is -2.17. The molecule has 0 aliphatic rings. The number of benzene rings is 2. The number of hydrogen-bond donors (Lipinski definition) is 3. The highest BCUT2D eigenvalue weighted by Crippen LogP contribution is 2.31. The third-order valence-electron chi connectivity index (χ3n) is 3.55. The van der Waals surface area contributed by atoms with E-state index in [1.165, 1.54) is 38.6 Å². The van der Waals surface area contributed by atoms with Crippen molar-refractivity contribution in [2.24, 2.45) is 5.10 Å². The molecule has 0 aliphatic heterocycles. The van der Waals surface area contributed by atoms with Gasteiger partial charge < -0.3 is 19.7 Å². The first-order valence-electron chi connectivity index (χ1n) is 8.17. The van der Waals surface area contributed by atoms with Crippen molar-refractivity contribution in [3.05, 3.63) is 52.0 Å². The summed E-state index contributed by atoms with van der Waals surface area (Å²) in [5.74, 6) is 6.07. The SMILES string of the molecule is COc1cc(C=NNC(=O)c2ccc(O)c(Cl)c2)cc(C#CCCO)c1OC. The number of aliphatic hydroxyl groups is 1. The minimum absolute atomic E-state index is 0.0408. The maximum atomic E-state index is 12.1. The van der Waals surface area contributed by atoms with Crippen LogP contribution in [0.15, 0.2) is 35.4 Å².